The Bertz CT molecular complexity index is 1010. The van der Waals surface area contributed by atoms with Crippen molar-refractivity contribution in [3.05, 3.63) is 11.8 Å². The van der Waals surface area contributed by atoms with Gasteiger partial charge in [-0.05, 0) is 56.8 Å². The number of carbonyl (C=O) groups excluding carboxylic acids is 3. The molecule has 9 nitrogen and oxygen atoms in total. The van der Waals surface area contributed by atoms with Crippen molar-refractivity contribution in [2.24, 2.45) is 27.2 Å². The Labute approximate surface area is 188 Å². The van der Waals surface area contributed by atoms with Crippen LogP contribution in [-0.4, -0.2) is 45.2 Å². The second-order valence-corrected chi connectivity index (χ2v) is 10.3. The van der Waals surface area contributed by atoms with E-state index in [-0.39, 0.29) is 35.1 Å². The molecule has 3 unspecified atom stereocenters. The van der Waals surface area contributed by atoms with E-state index in [0.717, 1.165) is 50.7 Å². The van der Waals surface area contributed by atoms with Gasteiger partial charge in [-0.25, -0.2) is 4.99 Å². The molecule has 9 heteroatoms. The molecule has 0 spiro atoms. The molecule has 2 fully saturated rings. The summed E-state index contributed by atoms with van der Waals surface area (Å²) >= 11 is 0. The minimum absolute atomic E-state index is 0.0337. The average molecular weight is 441 g/mol. The van der Waals surface area contributed by atoms with Crippen molar-refractivity contribution in [3.8, 4) is 0 Å². The van der Waals surface area contributed by atoms with E-state index in [0.29, 0.717) is 11.6 Å². The van der Waals surface area contributed by atoms with Crippen molar-refractivity contribution in [2.45, 2.75) is 78.7 Å². The lowest BCUT2D eigenvalue weighted by atomic mass is 9.70. The molecule has 3 aliphatic rings. The Hall–Kier alpha value is -2.84. The van der Waals surface area contributed by atoms with Crippen LogP contribution in [0.25, 0.3) is 0 Å². The Balaban J connectivity index is 1.47. The summed E-state index contributed by atoms with van der Waals surface area (Å²) < 4.78 is 1.34. The fourth-order valence-corrected chi connectivity index (χ4v) is 5.44. The first-order valence-electron chi connectivity index (χ1n) is 11.5. The van der Waals surface area contributed by atoms with Crippen molar-refractivity contribution in [3.63, 3.8) is 0 Å². The number of rotatable bonds is 2. The van der Waals surface area contributed by atoms with Crippen LogP contribution >= 0.6 is 0 Å². The maximum absolute atomic E-state index is 12.7. The highest BCUT2D eigenvalue weighted by molar-refractivity contribution is 6.39. The van der Waals surface area contributed by atoms with Gasteiger partial charge in [-0.1, -0.05) is 27.2 Å². The second kappa shape index (κ2) is 8.60. The SMILES string of the molecule is Cc1cc(NC(=O)C(=O)NC2CC(C)CC(C)(C)C2)n(C2=NC(=O)C3CCCCC3=N2)n1. The maximum atomic E-state index is 12.7. The quantitative estimate of drug-likeness (QED) is 0.688. The van der Waals surface area contributed by atoms with Crippen LogP contribution in [0.15, 0.2) is 16.1 Å². The second-order valence-electron chi connectivity index (χ2n) is 10.3. The maximum Gasteiger partial charge on any atom is 0.314 e. The molecule has 3 amide bonds. The molecular weight excluding hydrogens is 408 g/mol. The van der Waals surface area contributed by atoms with E-state index >= 15 is 0 Å². The van der Waals surface area contributed by atoms with Crippen LogP contribution in [-0.2, 0) is 14.4 Å². The topological polar surface area (TPSA) is 118 Å². The van der Waals surface area contributed by atoms with E-state index < -0.39 is 11.8 Å². The smallest absolute Gasteiger partial charge is 0.314 e. The summed E-state index contributed by atoms with van der Waals surface area (Å²) in [5.74, 6) is -1.02. The van der Waals surface area contributed by atoms with Gasteiger partial charge in [-0.15, -0.1) is 0 Å². The van der Waals surface area contributed by atoms with Crippen LogP contribution in [0.1, 0.15) is 71.4 Å². The van der Waals surface area contributed by atoms with Crippen molar-refractivity contribution in [1.82, 2.24) is 15.1 Å². The number of aromatic nitrogens is 2. The van der Waals surface area contributed by atoms with E-state index in [1.807, 2.05) is 0 Å². The standard InChI is InChI=1S/C23H32N6O3/c1-13-9-15(12-23(3,4)11-13)24-20(31)21(32)26-18-10-14(2)28-29(18)22-25-17-8-6-5-7-16(17)19(30)27-22/h10,13,15-16H,5-9,11-12H2,1-4H3,(H,24,31)(H,26,32). The molecule has 0 aromatic carbocycles. The first kappa shape index (κ1) is 22.4. The number of aryl methyl sites for hydroxylation is 1. The summed E-state index contributed by atoms with van der Waals surface area (Å²) in [6.07, 6.45) is 6.32. The lowest BCUT2D eigenvalue weighted by molar-refractivity contribution is -0.137. The lowest BCUT2D eigenvalue weighted by Gasteiger charge is -2.39. The third-order valence-electron chi connectivity index (χ3n) is 6.52. The van der Waals surface area contributed by atoms with Crippen LogP contribution in [0.3, 0.4) is 0 Å². The predicted octanol–water partition coefficient (Wildman–Crippen LogP) is 2.84. The predicted molar refractivity (Wildman–Crippen MR) is 122 cm³/mol. The Morgan fingerprint density at radius 1 is 1.16 bits per heavy atom. The number of fused-ring (bicyclic) bond motifs is 1. The molecule has 32 heavy (non-hydrogen) atoms. The largest absolute Gasteiger partial charge is 0.345 e. The third-order valence-corrected chi connectivity index (χ3v) is 6.52. The Kier molecular flexibility index (Phi) is 6.01. The summed E-state index contributed by atoms with van der Waals surface area (Å²) in [4.78, 5) is 46.4. The van der Waals surface area contributed by atoms with Crippen LogP contribution in [0.4, 0.5) is 5.82 Å². The molecular formula is C23H32N6O3. The molecule has 2 aliphatic carbocycles. The number of carbonyl (C=O) groups is 3. The van der Waals surface area contributed by atoms with Crippen molar-refractivity contribution >= 4 is 35.2 Å². The number of aliphatic imine (C=N–C) groups is 2. The highest BCUT2D eigenvalue weighted by atomic mass is 16.2. The van der Waals surface area contributed by atoms with Gasteiger partial charge in [0.2, 0.25) is 0 Å². The molecule has 172 valence electrons. The van der Waals surface area contributed by atoms with Gasteiger partial charge < -0.3 is 10.6 Å². The molecule has 1 aromatic rings. The van der Waals surface area contributed by atoms with E-state index in [1.165, 1.54) is 4.68 Å². The fourth-order valence-electron chi connectivity index (χ4n) is 5.44. The van der Waals surface area contributed by atoms with E-state index in [2.05, 4.69) is 46.5 Å². The molecule has 4 rings (SSSR count). The minimum Gasteiger partial charge on any atom is -0.345 e. The number of hydrogen-bond donors (Lipinski definition) is 2. The molecule has 2 N–H and O–H groups in total. The first-order chi connectivity index (χ1) is 15.1. The third kappa shape index (κ3) is 4.81. The molecule has 0 bridgehead atoms. The summed E-state index contributed by atoms with van der Waals surface area (Å²) in [5.41, 5.74) is 1.57. The zero-order chi connectivity index (χ0) is 23.0. The first-order valence-corrected chi connectivity index (χ1v) is 11.5. The molecule has 2 heterocycles. The Morgan fingerprint density at radius 3 is 2.69 bits per heavy atom. The van der Waals surface area contributed by atoms with E-state index in [9.17, 15) is 14.4 Å². The van der Waals surface area contributed by atoms with E-state index in [1.54, 1.807) is 13.0 Å². The van der Waals surface area contributed by atoms with Crippen LogP contribution in [0, 0.1) is 24.2 Å². The molecule has 1 aliphatic heterocycles. The van der Waals surface area contributed by atoms with Crippen molar-refractivity contribution < 1.29 is 14.4 Å². The van der Waals surface area contributed by atoms with Crippen LogP contribution in [0.5, 0.6) is 0 Å². The van der Waals surface area contributed by atoms with Crippen molar-refractivity contribution in [1.29, 1.82) is 0 Å². The highest BCUT2D eigenvalue weighted by Crippen LogP contribution is 2.38. The summed E-state index contributed by atoms with van der Waals surface area (Å²) in [5, 5.41) is 9.85. The fraction of sp³-hybridized carbons (Fsp3) is 0.652. The summed E-state index contributed by atoms with van der Waals surface area (Å²) in [7, 11) is 0. The molecule has 2 saturated carbocycles. The lowest BCUT2D eigenvalue weighted by Crippen LogP contribution is -2.46. The van der Waals surface area contributed by atoms with Gasteiger partial charge in [0.1, 0.15) is 5.82 Å². The number of anilines is 1. The number of nitrogens with one attached hydrogen (secondary N) is 2. The number of amides is 3. The number of nitrogens with zero attached hydrogens (tertiary/aromatic N) is 4. The van der Waals surface area contributed by atoms with Crippen LogP contribution < -0.4 is 10.6 Å². The van der Waals surface area contributed by atoms with Gasteiger partial charge in [0.25, 0.3) is 11.9 Å². The zero-order valence-electron chi connectivity index (χ0n) is 19.3. The van der Waals surface area contributed by atoms with Gasteiger partial charge in [-0.2, -0.15) is 14.8 Å². The van der Waals surface area contributed by atoms with Gasteiger partial charge in [-0.3, -0.25) is 14.4 Å². The number of hydrogen-bond acceptors (Lipinski definition) is 5. The van der Waals surface area contributed by atoms with Gasteiger partial charge in [0, 0.05) is 17.8 Å². The normalized spacial score (nSPS) is 27.1. The zero-order valence-corrected chi connectivity index (χ0v) is 19.3. The molecule has 0 saturated heterocycles. The highest BCUT2D eigenvalue weighted by Gasteiger charge is 2.34. The van der Waals surface area contributed by atoms with Gasteiger partial charge in [0.05, 0.1) is 11.6 Å². The molecule has 1 aromatic heterocycles. The molecule has 3 atom stereocenters. The summed E-state index contributed by atoms with van der Waals surface area (Å²) in [6.45, 7) is 8.31. The van der Waals surface area contributed by atoms with Crippen LogP contribution in [0.2, 0.25) is 0 Å². The van der Waals surface area contributed by atoms with E-state index in [4.69, 9.17) is 0 Å². The minimum atomic E-state index is -0.770. The Morgan fingerprint density at radius 2 is 1.94 bits per heavy atom. The van der Waals surface area contributed by atoms with Gasteiger partial charge >= 0.3 is 11.8 Å². The summed E-state index contributed by atoms with van der Waals surface area (Å²) in [6, 6.07) is 1.60. The van der Waals surface area contributed by atoms with Crippen molar-refractivity contribution in [2.75, 3.05) is 5.32 Å². The van der Waals surface area contributed by atoms with Gasteiger partial charge in [0.15, 0.2) is 0 Å². The molecule has 0 radical (unpaired) electrons. The monoisotopic (exact) mass is 440 g/mol. The average Bonchev–Trinajstić information content (AvgIpc) is 3.06.